The molecule has 0 bridgehead atoms. The molecule has 0 aliphatic carbocycles. The highest BCUT2D eigenvalue weighted by Crippen LogP contribution is 2.33. The Balaban J connectivity index is 1.69. The van der Waals surface area contributed by atoms with Crippen LogP contribution in [0.2, 0.25) is 0 Å². The third-order valence-electron chi connectivity index (χ3n) is 5.36. The maximum Gasteiger partial charge on any atom is 0.266 e. The summed E-state index contributed by atoms with van der Waals surface area (Å²) in [7, 11) is 0. The van der Waals surface area contributed by atoms with E-state index in [1.54, 1.807) is 36.4 Å². The first-order valence-corrected chi connectivity index (χ1v) is 9.75. The van der Waals surface area contributed by atoms with Crippen LogP contribution in [-0.2, 0) is 0 Å². The number of rotatable bonds is 5. The fourth-order valence-corrected chi connectivity index (χ4v) is 3.80. The molecule has 2 atom stereocenters. The molecule has 0 radical (unpaired) electrons. The zero-order valence-corrected chi connectivity index (χ0v) is 16.6. The van der Waals surface area contributed by atoms with E-state index in [0.29, 0.717) is 34.5 Å². The minimum atomic E-state index is -2.90. The van der Waals surface area contributed by atoms with E-state index in [-0.39, 0.29) is 12.1 Å². The summed E-state index contributed by atoms with van der Waals surface area (Å²) in [5, 5.41) is 23.2. The van der Waals surface area contributed by atoms with Crippen LogP contribution < -0.4 is 10.2 Å². The van der Waals surface area contributed by atoms with Crippen molar-refractivity contribution in [3.8, 4) is 0 Å². The Morgan fingerprint density at radius 3 is 2.74 bits per heavy atom. The summed E-state index contributed by atoms with van der Waals surface area (Å²) in [4.78, 5) is 10.4. The summed E-state index contributed by atoms with van der Waals surface area (Å²) in [6, 6.07) is 6.82. The highest BCUT2D eigenvalue weighted by molar-refractivity contribution is 5.92. The van der Waals surface area contributed by atoms with E-state index < -0.39 is 30.0 Å². The lowest BCUT2D eigenvalue weighted by molar-refractivity contribution is 0.146. The van der Waals surface area contributed by atoms with Crippen molar-refractivity contribution < 1.29 is 23.4 Å². The summed E-state index contributed by atoms with van der Waals surface area (Å²) >= 11 is 0. The molecule has 3 aromatic rings. The summed E-state index contributed by atoms with van der Waals surface area (Å²) in [5.74, 6) is -0.416. The van der Waals surface area contributed by atoms with Gasteiger partial charge in [-0.3, -0.25) is 4.98 Å². The van der Waals surface area contributed by atoms with Crippen LogP contribution in [-0.4, -0.2) is 32.8 Å². The van der Waals surface area contributed by atoms with E-state index in [0.717, 1.165) is 12.3 Å². The molecule has 31 heavy (non-hydrogen) atoms. The third kappa shape index (κ3) is 4.00. The van der Waals surface area contributed by atoms with Gasteiger partial charge in [0.25, 0.3) is 6.43 Å². The molecule has 1 fully saturated rings. The monoisotopic (exact) mass is 430 g/mol. The molecule has 0 spiro atoms. The summed E-state index contributed by atoms with van der Waals surface area (Å²) < 4.78 is 40.7. The largest absolute Gasteiger partial charge is 0.514 e. The number of halogens is 3. The van der Waals surface area contributed by atoms with Gasteiger partial charge in [-0.25, -0.2) is 18.2 Å². The van der Waals surface area contributed by atoms with E-state index in [9.17, 15) is 23.4 Å². The molecule has 2 aromatic heterocycles. The van der Waals surface area contributed by atoms with Crippen molar-refractivity contribution in [2.75, 3.05) is 16.8 Å². The number of fused-ring (bicyclic) bond motifs is 1. The van der Waals surface area contributed by atoms with E-state index in [1.807, 2.05) is 0 Å². The number of aromatic nitrogens is 2. The molecule has 1 unspecified atom stereocenters. The van der Waals surface area contributed by atoms with Gasteiger partial charge in [-0.2, -0.15) is 0 Å². The number of anilines is 2. The minimum Gasteiger partial charge on any atom is -0.514 e. The summed E-state index contributed by atoms with van der Waals surface area (Å²) in [6.07, 6.45) is 0.887. The predicted octanol–water partition coefficient (Wildman–Crippen LogP) is 4.85. The predicted molar refractivity (Wildman–Crippen MR) is 112 cm³/mol. The molecule has 9 heteroatoms. The normalized spacial score (nSPS) is 18.8. The van der Waals surface area contributed by atoms with Gasteiger partial charge in [-0.15, -0.1) is 0 Å². The number of alkyl halides is 2. The second-order valence-corrected chi connectivity index (χ2v) is 7.42. The second kappa shape index (κ2) is 8.43. The Bertz CT molecular complexity index is 1140. The van der Waals surface area contributed by atoms with Crippen molar-refractivity contribution in [2.24, 2.45) is 0 Å². The first kappa shape index (κ1) is 20.9. The molecule has 6 nitrogen and oxygen atoms in total. The van der Waals surface area contributed by atoms with Crippen molar-refractivity contribution in [3.05, 3.63) is 71.6 Å². The molecule has 162 valence electrons. The highest BCUT2D eigenvalue weighted by atomic mass is 19.3. The lowest BCUT2D eigenvalue weighted by Gasteiger charge is -2.21. The molecule has 1 aliphatic rings. The number of aliphatic hydroxyl groups excluding tert-OH is 2. The Kier molecular flexibility index (Phi) is 5.69. The van der Waals surface area contributed by atoms with Gasteiger partial charge in [0.05, 0.1) is 47.9 Å². The highest BCUT2D eigenvalue weighted by Gasteiger charge is 2.27. The van der Waals surface area contributed by atoms with Gasteiger partial charge in [0.2, 0.25) is 0 Å². The first-order valence-electron chi connectivity index (χ1n) is 9.75. The number of hydrogen-bond acceptors (Lipinski definition) is 6. The van der Waals surface area contributed by atoms with E-state index in [2.05, 4.69) is 15.3 Å². The standard InChI is InChI=1S/C22H21F3N4O2/c1-12(15-3-2-4-16(21(15)23)22(24)25)28-18-5-6-26-19-9-27-20(8-17(18)19)29-10-14(31)7-13(29)11-30/h2-6,8-9,11-12,14,22,30-31H,7,10H2,1H3,(H,26,28)/b13-11+/t12-,14?/m1/s1. The number of nitrogens with one attached hydrogen (secondary N) is 1. The van der Waals surface area contributed by atoms with Gasteiger partial charge in [0, 0.05) is 29.3 Å². The molecule has 1 saturated heterocycles. The number of benzene rings is 1. The van der Waals surface area contributed by atoms with Crippen LogP contribution in [0.3, 0.4) is 0 Å². The van der Waals surface area contributed by atoms with Crippen molar-refractivity contribution in [1.82, 2.24) is 9.97 Å². The fourth-order valence-electron chi connectivity index (χ4n) is 3.80. The van der Waals surface area contributed by atoms with Crippen LogP contribution in [0.5, 0.6) is 0 Å². The molecule has 1 aromatic carbocycles. The van der Waals surface area contributed by atoms with Crippen molar-refractivity contribution >= 4 is 22.4 Å². The van der Waals surface area contributed by atoms with Crippen molar-refractivity contribution in [1.29, 1.82) is 0 Å². The van der Waals surface area contributed by atoms with E-state index in [1.165, 1.54) is 12.1 Å². The average molecular weight is 430 g/mol. The molecule has 3 heterocycles. The summed E-state index contributed by atoms with van der Waals surface area (Å²) in [5.41, 5.74) is 1.24. The molecule has 3 N–H and O–H groups in total. The van der Waals surface area contributed by atoms with Crippen LogP contribution >= 0.6 is 0 Å². The van der Waals surface area contributed by atoms with Gasteiger partial charge in [-0.1, -0.05) is 18.2 Å². The Morgan fingerprint density at radius 1 is 1.23 bits per heavy atom. The third-order valence-corrected chi connectivity index (χ3v) is 5.36. The SMILES string of the molecule is C[C@@H](Nc1ccnc2cnc(N3CC(O)C/C3=C\O)cc12)c1cccc(C(F)F)c1F. The molecule has 0 amide bonds. The van der Waals surface area contributed by atoms with Crippen LogP contribution in [0, 0.1) is 5.82 Å². The van der Waals surface area contributed by atoms with Gasteiger partial charge >= 0.3 is 0 Å². The summed E-state index contributed by atoms with van der Waals surface area (Å²) in [6.45, 7) is 1.97. The topological polar surface area (TPSA) is 81.5 Å². The zero-order chi connectivity index (χ0) is 22.1. The van der Waals surface area contributed by atoms with Gasteiger partial charge in [0.1, 0.15) is 11.6 Å². The number of nitrogens with zero attached hydrogens (tertiary/aromatic N) is 3. The minimum absolute atomic E-state index is 0.130. The number of pyridine rings is 2. The van der Waals surface area contributed by atoms with Crippen molar-refractivity contribution in [3.63, 3.8) is 0 Å². The van der Waals surface area contributed by atoms with Crippen LogP contribution in [0.15, 0.2) is 54.7 Å². The average Bonchev–Trinajstić information content (AvgIpc) is 3.14. The molecular weight excluding hydrogens is 409 g/mol. The van der Waals surface area contributed by atoms with Gasteiger partial charge in [-0.05, 0) is 19.1 Å². The van der Waals surface area contributed by atoms with Crippen LogP contribution in [0.25, 0.3) is 10.9 Å². The Hall–Kier alpha value is -3.33. The zero-order valence-electron chi connectivity index (χ0n) is 16.6. The fraction of sp³-hybridized carbons (Fsp3) is 0.273. The second-order valence-electron chi connectivity index (χ2n) is 7.42. The lowest BCUT2D eigenvalue weighted by Crippen LogP contribution is -2.21. The molecule has 4 rings (SSSR count). The maximum atomic E-state index is 14.6. The number of hydrogen-bond donors (Lipinski definition) is 3. The number of β-amino-alcohol motifs (C(OH)–C–C–N with tert-alkyl or cyclic N) is 1. The van der Waals surface area contributed by atoms with Crippen molar-refractivity contribution in [2.45, 2.75) is 31.9 Å². The van der Waals surface area contributed by atoms with Crippen LogP contribution in [0.1, 0.15) is 36.9 Å². The Labute approximate surface area is 176 Å². The smallest absolute Gasteiger partial charge is 0.266 e. The first-order chi connectivity index (χ1) is 14.9. The molecular formula is C22H21F3N4O2. The van der Waals surface area contributed by atoms with E-state index >= 15 is 0 Å². The Morgan fingerprint density at radius 2 is 2.00 bits per heavy atom. The van der Waals surface area contributed by atoms with Gasteiger partial charge in [0.15, 0.2) is 0 Å². The quantitative estimate of drug-likeness (QED) is 0.502. The van der Waals surface area contributed by atoms with E-state index in [4.69, 9.17) is 0 Å². The maximum absolute atomic E-state index is 14.6. The van der Waals surface area contributed by atoms with Crippen LogP contribution in [0.4, 0.5) is 24.7 Å². The molecule has 1 aliphatic heterocycles. The lowest BCUT2D eigenvalue weighted by atomic mass is 10.0. The van der Waals surface area contributed by atoms with Gasteiger partial charge < -0.3 is 20.4 Å². The molecule has 0 saturated carbocycles. The number of aliphatic hydroxyl groups is 2.